The zero-order valence-corrected chi connectivity index (χ0v) is 10.9. The monoisotopic (exact) mass is 245 g/mol. The largest absolute Gasteiger partial charge is 0.495 e. The van der Waals surface area contributed by atoms with Gasteiger partial charge in [-0.3, -0.25) is 14.5 Å². The van der Waals surface area contributed by atoms with Gasteiger partial charge < -0.3 is 4.74 Å². The molecule has 0 aliphatic carbocycles. The Morgan fingerprint density at radius 1 is 1.33 bits per heavy atom. The van der Waals surface area contributed by atoms with Gasteiger partial charge in [-0.05, 0) is 19.9 Å². The van der Waals surface area contributed by atoms with Crippen LogP contribution in [0.1, 0.15) is 27.3 Å². The van der Waals surface area contributed by atoms with E-state index in [0.717, 1.165) is 11.4 Å². The maximum Gasteiger partial charge on any atom is 0.198 e. The summed E-state index contributed by atoms with van der Waals surface area (Å²) in [6.07, 6.45) is 3.11. The van der Waals surface area contributed by atoms with Gasteiger partial charge in [0.15, 0.2) is 5.78 Å². The molecule has 0 saturated heterocycles. The first-order valence-corrected chi connectivity index (χ1v) is 5.58. The number of aromatic nitrogens is 3. The summed E-state index contributed by atoms with van der Waals surface area (Å²) in [4.78, 5) is 16.4. The Labute approximate surface area is 105 Å². The number of ketones is 1. The molecule has 0 amide bonds. The van der Waals surface area contributed by atoms with Crippen molar-refractivity contribution in [3.05, 3.63) is 41.0 Å². The summed E-state index contributed by atoms with van der Waals surface area (Å²) in [5.41, 5.74) is 2.71. The molecular formula is C13H15N3O2. The van der Waals surface area contributed by atoms with Crippen LogP contribution < -0.4 is 4.74 Å². The first-order valence-electron chi connectivity index (χ1n) is 5.58. The lowest BCUT2D eigenvalue weighted by molar-refractivity contribution is 0.103. The average Bonchev–Trinajstić information content (AvgIpc) is 2.62. The molecule has 2 rings (SSSR count). The summed E-state index contributed by atoms with van der Waals surface area (Å²) in [5.74, 6) is 0.490. The highest BCUT2D eigenvalue weighted by Gasteiger charge is 2.19. The molecular weight excluding hydrogens is 230 g/mol. The Balaban J connectivity index is 2.47. The van der Waals surface area contributed by atoms with Crippen LogP contribution in [0.3, 0.4) is 0 Å². The van der Waals surface area contributed by atoms with Crippen LogP contribution in [0.15, 0.2) is 18.5 Å². The van der Waals surface area contributed by atoms with Gasteiger partial charge in [-0.25, -0.2) is 0 Å². The van der Waals surface area contributed by atoms with E-state index in [0.29, 0.717) is 16.9 Å². The molecule has 0 radical (unpaired) electrons. The van der Waals surface area contributed by atoms with Crippen LogP contribution in [0.5, 0.6) is 5.75 Å². The fraction of sp³-hybridized carbons (Fsp3) is 0.308. The Morgan fingerprint density at radius 3 is 2.61 bits per heavy atom. The molecule has 2 aromatic rings. The van der Waals surface area contributed by atoms with E-state index >= 15 is 0 Å². The number of pyridine rings is 1. The van der Waals surface area contributed by atoms with Crippen molar-refractivity contribution in [2.75, 3.05) is 7.11 Å². The highest BCUT2D eigenvalue weighted by atomic mass is 16.5. The minimum atomic E-state index is -0.0792. The van der Waals surface area contributed by atoms with Crippen molar-refractivity contribution in [2.45, 2.75) is 13.8 Å². The highest BCUT2D eigenvalue weighted by Crippen LogP contribution is 2.19. The number of methoxy groups -OCH3 is 1. The zero-order chi connectivity index (χ0) is 13.3. The van der Waals surface area contributed by atoms with Crippen LogP contribution in [-0.4, -0.2) is 27.7 Å². The number of carbonyl (C=O) groups excluding carboxylic acids is 1. The number of nitrogens with zero attached hydrogens (tertiary/aromatic N) is 3. The van der Waals surface area contributed by atoms with Gasteiger partial charge >= 0.3 is 0 Å². The van der Waals surface area contributed by atoms with E-state index in [9.17, 15) is 4.79 Å². The lowest BCUT2D eigenvalue weighted by atomic mass is 10.0. The smallest absolute Gasteiger partial charge is 0.198 e. The minimum absolute atomic E-state index is 0.0792. The fourth-order valence-corrected chi connectivity index (χ4v) is 1.90. The molecule has 2 heterocycles. The normalized spacial score (nSPS) is 10.4. The van der Waals surface area contributed by atoms with E-state index in [1.807, 2.05) is 20.9 Å². The van der Waals surface area contributed by atoms with E-state index in [1.54, 1.807) is 24.1 Å². The lowest BCUT2D eigenvalue weighted by Gasteiger charge is -2.03. The van der Waals surface area contributed by atoms with E-state index in [4.69, 9.17) is 4.74 Å². The third-order valence-electron chi connectivity index (χ3n) is 2.95. The molecule has 0 N–H and O–H groups in total. The number of ether oxygens (including phenoxy) is 1. The van der Waals surface area contributed by atoms with E-state index in [2.05, 4.69) is 10.1 Å². The summed E-state index contributed by atoms with van der Waals surface area (Å²) in [6, 6.07) is 1.68. The number of carbonyl (C=O) groups is 1. The van der Waals surface area contributed by atoms with Crippen LogP contribution in [0.25, 0.3) is 0 Å². The molecule has 2 aromatic heterocycles. The maximum atomic E-state index is 12.4. The van der Waals surface area contributed by atoms with Crippen LogP contribution in [0.4, 0.5) is 0 Å². The first kappa shape index (κ1) is 12.3. The van der Waals surface area contributed by atoms with Gasteiger partial charge in [0.1, 0.15) is 5.75 Å². The van der Waals surface area contributed by atoms with E-state index in [1.165, 1.54) is 6.20 Å². The van der Waals surface area contributed by atoms with Crippen molar-refractivity contribution in [2.24, 2.45) is 7.05 Å². The van der Waals surface area contributed by atoms with E-state index < -0.39 is 0 Å². The van der Waals surface area contributed by atoms with Gasteiger partial charge in [0.2, 0.25) is 0 Å². The second kappa shape index (κ2) is 4.60. The average molecular weight is 245 g/mol. The van der Waals surface area contributed by atoms with E-state index in [-0.39, 0.29) is 5.78 Å². The quantitative estimate of drug-likeness (QED) is 0.772. The SMILES string of the molecule is COc1cncc(C(=O)c2c(C)nn(C)c2C)c1. The van der Waals surface area contributed by atoms with Gasteiger partial charge in [0.05, 0.1) is 24.6 Å². The summed E-state index contributed by atoms with van der Waals surface area (Å²) >= 11 is 0. The molecule has 0 fully saturated rings. The maximum absolute atomic E-state index is 12.4. The van der Waals surface area contributed by atoms with Crippen LogP contribution in [0, 0.1) is 13.8 Å². The molecule has 5 heteroatoms. The van der Waals surface area contributed by atoms with Crippen LogP contribution >= 0.6 is 0 Å². The molecule has 0 aliphatic heterocycles. The Hall–Kier alpha value is -2.17. The first-order chi connectivity index (χ1) is 8.54. The Morgan fingerprint density at radius 2 is 2.06 bits per heavy atom. The minimum Gasteiger partial charge on any atom is -0.495 e. The summed E-state index contributed by atoms with van der Waals surface area (Å²) in [5, 5.41) is 4.24. The van der Waals surface area contributed by atoms with Gasteiger partial charge in [-0.1, -0.05) is 0 Å². The molecule has 94 valence electrons. The van der Waals surface area contributed by atoms with Crippen LogP contribution in [0.2, 0.25) is 0 Å². The lowest BCUT2D eigenvalue weighted by Crippen LogP contribution is -2.05. The Bertz CT molecular complexity index is 602. The molecule has 0 saturated carbocycles. The molecule has 0 spiro atoms. The second-order valence-electron chi connectivity index (χ2n) is 4.11. The molecule has 0 unspecified atom stereocenters. The number of rotatable bonds is 3. The molecule has 18 heavy (non-hydrogen) atoms. The standard InChI is InChI=1S/C13H15N3O2/c1-8-12(9(2)16(3)15-8)13(17)10-5-11(18-4)7-14-6-10/h5-7H,1-4H3. The van der Waals surface area contributed by atoms with Gasteiger partial charge in [0.25, 0.3) is 0 Å². The van der Waals surface area contributed by atoms with Gasteiger partial charge in [-0.2, -0.15) is 5.10 Å². The molecule has 0 bridgehead atoms. The Kier molecular flexibility index (Phi) is 3.14. The van der Waals surface area contributed by atoms with Crippen molar-refractivity contribution in [3.63, 3.8) is 0 Å². The molecule has 0 aromatic carbocycles. The third kappa shape index (κ3) is 1.99. The number of aryl methyl sites for hydroxylation is 2. The molecule has 5 nitrogen and oxygen atoms in total. The van der Waals surface area contributed by atoms with Crippen molar-refractivity contribution in [1.29, 1.82) is 0 Å². The zero-order valence-electron chi connectivity index (χ0n) is 10.9. The van der Waals surface area contributed by atoms with Gasteiger partial charge in [0, 0.05) is 24.5 Å². The number of hydrogen-bond donors (Lipinski definition) is 0. The van der Waals surface area contributed by atoms with Crippen molar-refractivity contribution in [3.8, 4) is 5.75 Å². The topological polar surface area (TPSA) is 57.0 Å². The highest BCUT2D eigenvalue weighted by molar-refractivity contribution is 6.10. The predicted octanol–water partition coefficient (Wildman–Crippen LogP) is 1.67. The van der Waals surface area contributed by atoms with Crippen molar-refractivity contribution >= 4 is 5.78 Å². The summed E-state index contributed by atoms with van der Waals surface area (Å²) < 4.78 is 6.78. The van der Waals surface area contributed by atoms with Crippen molar-refractivity contribution < 1.29 is 9.53 Å². The molecule has 0 atom stereocenters. The predicted molar refractivity (Wildman–Crippen MR) is 66.9 cm³/mol. The number of hydrogen-bond acceptors (Lipinski definition) is 4. The fourth-order valence-electron chi connectivity index (χ4n) is 1.90. The van der Waals surface area contributed by atoms with Gasteiger partial charge in [-0.15, -0.1) is 0 Å². The third-order valence-corrected chi connectivity index (χ3v) is 2.95. The summed E-state index contributed by atoms with van der Waals surface area (Å²) in [7, 11) is 3.37. The molecule has 0 aliphatic rings. The second-order valence-corrected chi connectivity index (χ2v) is 4.11. The summed E-state index contributed by atoms with van der Waals surface area (Å²) in [6.45, 7) is 3.70. The van der Waals surface area contributed by atoms with Crippen molar-refractivity contribution in [1.82, 2.24) is 14.8 Å². The van der Waals surface area contributed by atoms with Crippen LogP contribution in [-0.2, 0) is 7.05 Å².